The number of carbonyl (C=O) groups excluding carboxylic acids is 1. The Balaban J connectivity index is 1.96. The summed E-state index contributed by atoms with van der Waals surface area (Å²) in [6.07, 6.45) is 6.70. The fraction of sp³-hybridized carbons (Fsp3) is 0.929. The van der Waals surface area contributed by atoms with E-state index >= 15 is 0 Å². The molecule has 104 valence electrons. The number of nitrogens with one attached hydrogen (secondary N) is 2. The van der Waals surface area contributed by atoms with Crippen LogP contribution in [0.1, 0.15) is 45.4 Å². The second-order valence-electron chi connectivity index (χ2n) is 5.52. The zero-order valence-electron chi connectivity index (χ0n) is 11.6. The van der Waals surface area contributed by atoms with E-state index in [9.17, 15) is 4.79 Å². The lowest BCUT2D eigenvalue weighted by atomic mass is 9.99. The molecule has 0 aromatic rings. The van der Waals surface area contributed by atoms with E-state index in [4.69, 9.17) is 0 Å². The van der Waals surface area contributed by atoms with Gasteiger partial charge in [-0.1, -0.05) is 13.3 Å². The van der Waals surface area contributed by atoms with Crippen molar-refractivity contribution in [3.63, 3.8) is 0 Å². The van der Waals surface area contributed by atoms with Crippen molar-refractivity contribution < 1.29 is 4.79 Å². The molecule has 2 rings (SSSR count). The first-order valence-electron chi connectivity index (χ1n) is 7.57. The van der Waals surface area contributed by atoms with Crippen LogP contribution in [0.3, 0.4) is 0 Å². The molecule has 1 amide bonds. The van der Waals surface area contributed by atoms with Gasteiger partial charge in [0.2, 0.25) is 5.91 Å². The second-order valence-corrected chi connectivity index (χ2v) is 5.52. The van der Waals surface area contributed by atoms with E-state index in [1.165, 1.54) is 12.8 Å². The molecule has 0 aromatic carbocycles. The third-order valence-corrected chi connectivity index (χ3v) is 4.11. The third-order valence-electron chi connectivity index (χ3n) is 4.11. The average molecular weight is 253 g/mol. The van der Waals surface area contributed by atoms with Gasteiger partial charge in [0.1, 0.15) is 0 Å². The first kappa shape index (κ1) is 13.8. The Labute approximate surface area is 110 Å². The smallest absolute Gasteiger partial charge is 0.239 e. The molecule has 0 bridgehead atoms. The van der Waals surface area contributed by atoms with Crippen LogP contribution in [0.25, 0.3) is 0 Å². The van der Waals surface area contributed by atoms with Gasteiger partial charge in [0.15, 0.2) is 0 Å². The van der Waals surface area contributed by atoms with Crippen LogP contribution in [0.15, 0.2) is 0 Å². The molecule has 0 aliphatic carbocycles. The number of hydrogen-bond donors (Lipinski definition) is 2. The van der Waals surface area contributed by atoms with Crippen molar-refractivity contribution in [2.24, 2.45) is 0 Å². The molecule has 0 radical (unpaired) electrons. The Kier molecular flexibility index (Phi) is 5.45. The Hall–Kier alpha value is -0.610. The minimum atomic E-state index is 0.0835. The van der Waals surface area contributed by atoms with Gasteiger partial charge in [0.25, 0.3) is 0 Å². The van der Waals surface area contributed by atoms with Gasteiger partial charge >= 0.3 is 0 Å². The van der Waals surface area contributed by atoms with Crippen molar-refractivity contribution in [1.29, 1.82) is 0 Å². The highest BCUT2D eigenvalue weighted by atomic mass is 16.2. The fourth-order valence-electron chi connectivity index (χ4n) is 3.09. The molecule has 18 heavy (non-hydrogen) atoms. The molecule has 4 nitrogen and oxygen atoms in total. The summed E-state index contributed by atoms with van der Waals surface area (Å²) in [5, 5.41) is 6.77. The molecule has 2 N–H and O–H groups in total. The predicted octanol–water partition coefficient (Wildman–Crippen LogP) is 1.12. The standard InChI is InChI=1S/C14H27N3O/c1-2-11-17(12-6-9-15-10-7-12)14(18)13-5-3-4-8-16-13/h12-13,15-16H,2-11H2,1H3. The maximum absolute atomic E-state index is 12.6. The third kappa shape index (κ3) is 3.45. The molecule has 1 atom stereocenters. The zero-order valence-corrected chi connectivity index (χ0v) is 11.6. The van der Waals surface area contributed by atoms with Gasteiger partial charge in [-0.3, -0.25) is 4.79 Å². The van der Waals surface area contributed by atoms with E-state index < -0.39 is 0 Å². The minimum absolute atomic E-state index is 0.0835. The Morgan fingerprint density at radius 1 is 1.17 bits per heavy atom. The van der Waals surface area contributed by atoms with Crippen LogP contribution in [-0.2, 0) is 4.79 Å². The number of amides is 1. The molecule has 2 saturated heterocycles. The lowest BCUT2D eigenvalue weighted by Crippen LogP contribution is -2.54. The zero-order chi connectivity index (χ0) is 12.8. The lowest BCUT2D eigenvalue weighted by molar-refractivity contribution is -0.137. The number of nitrogens with zero attached hydrogens (tertiary/aromatic N) is 1. The first-order valence-corrected chi connectivity index (χ1v) is 7.57. The molecular formula is C14H27N3O. The van der Waals surface area contributed by atoms with Gasteiger partial charge < -0.3 is 15.5 Å². The van der Waals surface area contributed by atoms with Crippen molar-refractivity contribution in [1.82, 2.24) is 15.5 Å². The highest BCUT2D eigenvalue weighted by Gasteiger charge is 2.30. The summed E-state index contributed by atoms with van der Waals surface area (Å²) in [6.45, 7) is 6.19. The van der Waals surface area contributed by atoms with E-state index in [1.54, 1.807) is 0 Å². The molecular weight excluding hydrogens is 226 g/mol. The number of carbonyl (C=O) groups is 1. The number of hydrogen-bond acceptors (Lipinski definition) is 3. The maximum atomic E-state index is 12.6. The van der Waals surface area contributed by atoms with Crippen molar-refractivity contribution >= 4 is 5.91 Å². The molecule has 0 saturated carbocycles. The van der Waals surface area contributed by atoms with E-state index in [1.807, 2.05) is 0 Å². The highest BCUT2D eigenvalue weighted by molar-refractivity contribution is 5.82. The van der Waals surface area contributed by atoms with E-state index in [0.29, 0.717) is 11.9 Å². The number of piperidine rings is 2. The van der Waals surface area contributed by atoms with Crippen LogP contribution in [0.4, 0.5) is 0 Å². The summed E-state index contributed by atoms with van der Waals surface area (Å²) < 4.78 is 0. The fourth-order valence-corrected chi connectivity index (χ4v) is 3.09. The largest absolute Gasteiger partial charge is 0.338 e. The first-order chi connectivity index (χ1) is 8.83. The van der Waals surface area contributed by atoms with Gasteiger partial charge in [-0.2, -0.15) is 0 Å². The van der Waals surface area contributed by atoms with Crippen LogP contribution in [0.5, 0.6) is 0 Å². The molecule has 0 aromatic heterocycles. The van der Waals surface area contributed by atoms with Crippen LogP contribution in [0, 0.1) is 0 Å². The summed E-state index contributed by atoms with van der Waals surface area (Å²) >= 11 is 0. The van der Waals surface area contributed by atoms with Gasteiger partial charge in [-0.05, 0) is 51.7 Å². The Morgan fingerprint density at radius 3 is 2.56 bits per heavy atom. The van der Waals surface area contributed by atoms with Crippen molar-refractivity contribution in [3.8, 4) is 0 Å². The van der Waals surface area contributed by atoms with Crippen LogP contribution < -0.4 is 10.6 Å². The van der Waals surface area contributed by atoms with E-state index in [2.05, 4.69) is 22.5 Å². The maximum Gasteiger partial charge on any atom is 0.239 e. The SMILES string of the molecule is CCCN(C(=O)C1CCCCN1)C1CCNCC1. The van der Waals surface area contributed by atoms with Crippen molar-refractivity contribution in [3.05, 3.63) is 0 Å². The summed E-state index contributed by atoms with van der Waals surface area (Å²) in [4.78, 5) is 14.8. The van der Waals surface area contributed by atoms with Gasteiger partial charge in [0, 0.05) is 12.6 Å². The van der Waals surface area contributed by atoms with Crippen molar-refractivity contribution in [2.75, 3.05) is 26.2 Å². The Morgan fingerprint density at radius 2 is 1.94 bits per heavy atom. The summed E-state index contributed by atoms with van der Waals surface area (Å²) in [5.74, 6) is 0.350. The lowest BCUT2D eigenvalue weighted by Gasteiger charge is -2.37. The van der Waals surface area contributed by atoms with Gasteiger partial charge in [-0.15, -0.1) is 0 Å². The molecule has 2 heterocycles. The van der Waals surface area contributed by atoms with Gasteiger partial charge in [0.05, 0.1) is 6.04 Å². The van der Waals surface area contributed by atoms with Gasteiger partial charge in [-0.25, -0.2) is 0 Å². The molecule has 2 aliphatic rings. The molecule has 1 unspecified atom stereocenters. The predicted molar refractivity (Wildman–Crippen MR) is 73.5 cm³/mol. The molecule has 2 aliphatic heterocycles. The van der Waals surface area contributed by atoms with Crippen LogP contribution in [0.2, 0.25) is 0 Å². The molecule has 4 heteroatoms. The summed E-state index contributed by atoms with van der Waals surface area (Å²) in [6, 6.07) is 0.544. The Bertz CT molecular complexity index is 258. The van der Waals surface area contributed by atoms with E-state index in [0.717, 1.165) is 51.9 Å². The normalized spacial score (nSPS) is 25.9. The van der Waals surface area contributed by atoms with Crippen LogP contribution >= 0.6 is 0 Å². The van der Waals surface area contributed by atoms with Crippen molar-refractivity contribution in [2.45, 2.75) is 57.5 Å². The van der Waals surface area contributed by atoms with E-state index in [-0.39, 0.29) is 6.04 Å². The molecule has 2 fully saturated rings. The number of rotatable bonds is 4. The second kappa shape index (κ2) is 7.10. The average Bonchev–Trinajstić information content (AvgIpc) is 2.46. The quantitative estimate of drug-likeness (QED) is 0.789. The minimum Gasteiger partial charge on any atom is -0.338 e. The topological polar surface area (TPSA) is 44.4 Å². The monoisotopic (exact) mass is 253 g/mol. The highest BCUT2D eigenvalue weighted by Crippen LogP contribution is 2.17. The summed E-state index contributed by atoms with van der Waals surface area (Å²) in [5.41, 5.74) is 0. The molecule has 0 spiro atoms. The van der Waals surface area contributed by atoms with Crippen LogP contribution in [-0.4, -0.2) is 49.1 Å². The summed E-state index contributed by atoms with van der Waals surface area (Å²) in [7, 11) is 0.